The fourth-order valence-electron chi connectivity index (χ4n) is 4.13. The molecule has 0 aliphatic carbocycles. The molecule has 0 spiro atoms. The van der Waals surface area contributed by atoms with Crippen LogP contribution in [0.3, 0.4) is 0 Å². The van der Waals surface area contributed by atoms with E-state index in [4.69, 9.17) is 4.74 Å². The number of ether oxygens (including phenoxy) is 1. The molecule has 1 aromatic carbocycles. The fraction of sp³-hybridized carbons (Fsp3) is 0.667. The number of methoxy groups -OCH3 is 1. The average molecular weight is 288 g/mol. The van der Waals surface area contributed by atoms with Gasteiger partial charge in [-0.15, -0.1) is 0 Å². The predicted molar refractivity (Wildman–Crippen MR) is 86.2 cm³/mol. The largest absolute Gasteiger partial charge is 0.380 e. The summed E-state index contributed by atoms with van der Waals surface area (Å²) in [6.45, 7) is 2.82. The van der Waals surface area contributed by atoms with E-state index in [1.807, 2.05) is 0 Å². The van der Waals surface area contributed by atoms with Crippen molar-refractivity contribution in [2.75, 3.05) is 20.7 Å². The zero-order chi connectivity index (χ0) is 14.7. The minimum Gasteiger partial charge on any atom is -0.380 e. The Labute approximate surface area is 128 Å². The van der Waals surface area contributed by atoms with Gasteiger partial charge in [0.05, 0.1) is 6.61 Å². The summed E-state index contributed by atoms with van der Waals surface area (Å²) in [6, 6.07) is 10.3. The van der Waals surface area contributed by atoms with Gasteiger partial charge in [-0.05, 0) is 56.3 Å². The normalized spacial score (nSPS) is 29.0. The third-order valence-corrected chi connectivity index (χ3v) is 5.36. The summed E-state index contributed by atoms with van der Waals surface area (Å²) in [4.78, 5) is 2.62. The molecule has 2 bridgehead atoms. The molecule has 1 N–H and O–H groups in total. The Hall–Kier alpha value is -0.900. The summed E-state index contributed by atoms with van der Waals surface area (Å²) in [5, 5.41) is 3.68. The van der Waals surface area contributed by atoms with Crippen LogP contribution in [0.5, 0.6) is 0 Å². The highest BCUT2D eigenvalue weighted by molar-refractivity contribution is 5.26. The third kappa shape index (κ3) is 3.47. The van der Waals surface area contributed by atoms with Crippen LogP contribution in [0.2, 0.25) is 0 Å². The summed E-state index contributed by atoms with van der Waals surface area (Å²) >= 11 is 0. The molecule has 2 heterocycles. The molecule has 2 aliphatic heterocycles. The van der Waals surface area contributed by atoms with Gasteiger partial charge < -0.3 is 15.0 Å². The quantitative estimate of drug-likeness (QED) is 0.871. The third-order valence-electron chi connectivity index (χ3n) is 5.36. The number of fused-ring (bicyclic) bond motifs is 2. The first-order valence-electron chi connectivity index (χ1n) is 8.26. The van der Waals surface area contributed by atoms with Crippen LogP contribution in [0.25, 0.3) is 0 Å². The summed E-state index contributed by atoms with van der Waals surface area (Å²) in [5.74, 6) is 0.855. The van der Waals surface area contributed by atoms with Gasteiger partial charge in [-0.1, -0.05) is 24.3 Å². The first kappa shape index (κ1) is 15.0. The van der Waals surface area contributed by atoms with E-state index in [1.165, 1.54) is 36.8 Å². The van der Waals surface area contributed by atoms with Gasteiger partial charge in [0.1, 0.15) is 0 Å². The zero-order valence-corrected chi connectivity index (χ0v) is 13.3. The Morgan fingerprint density at radius 3 is 2.48 bits per heavy atom. The molecule has 3 nitrogen and oxygen atoms in total. The molecule has 3 rings (SSSR count). The van der Waals surface area contributed by atoms with Crippen molar-refractivity contribution in [1.29, 1.82) is 0 Å². The van der Waals surface area contributed by atoms with Crippen molar-refractivity contribution in [3.8, 4) is 0 Å². The number of benzene rings is 1. The van der Waals surface area contributed by atoms with Crippen LogP contribution < -0.4 is 5.32 Å². The van der Waals surface area contributed by atoms with E-state index >= 15 is 0 Å². The van der Waals surface area contributed by atoms with Crippen LogP contribution in [0.15, 0.2) is 24.3 Å². The van der Waals surface area contributed by atoms with E-state index in [0.29, 0.717) is 6.61 Å². The minimum atomic E-state index is 0.705. The van der Waals surface area contributed by atoms with Crippen LogP contribution in [0.1, 0.15) is 36.8 Å². The number of nitrogens with one attached hydrogen (secondary N) is 1. The van der Waals surface area contributed by atoms with Gasteiger partial charge in [0.15, 0.2) is 0 Å². The maximum absolute atomic E-state index is 5.28. The first-order valence-corrected chi connectivity index (χ1v) is 8.26. The second-order valence-corrected chi connectivity index (χ2v) is 6.72. The van der Waals surface area contributed by atoms with Crippen LogP contribution in [0, 0.1) is 5.92 Å². The second kappa shape index (κ2) is 6.91. The molecule has 1 aromatic rings. The first-order chi connectivity index (χ1) is 10.3. The van der Waals surface area contributed by atoms with E-state index in [2.05, 4.69) is 41.5 Å². The highest BCUT2D eigenvalue weighted by Crippen LogP contribution is 2.37. The van der Waals surface area contributed by atoms with Crippen molar-refractivity contribution in [1.82, 2.24) is 10.2 Å². The van der Waals surface area contributed by atoms with Crippen LogP contribution >= 0.6 is 0 Å². The molecule has 2 fully saturated rings. The van der Waals surface area contributed by atoms with Crippen molar-refractivity contribution in [3.05, 3.63) is 35.4 Å². The maximum Gasteiger partial charge on any atom is 0.0716 e. The van der Waals surface area contributed by atoms with Crippen molar-refractivity contribution in [2.24, 2.45) is 5.92 Å². The molecule has 2 atom stereocenters. The molecule has 0 radical (unpaired) electrons. The second-order valence-electron chi connectivity index (χ2n) is 6.72. The van der Waals surface area contributed by atoms with Crippen LogP contribution in [-0.2, 0) is 17.9 Å². The highest BCUT2D eigenvalue weighted by atomic mass is 16.5. The van der Waals surface area contributed by atoms with Crippen molar-refractivity contribution >= 4 is 0 Å². The number of rotatable bonds is 6. The number of hydrogen-bond acceptors (Lipinski definition) is 3. The van der Waals surface area contributed by atoms with Gasteiger partial charge in [-0.2, -0.15) is 0 Å². The highest BCUT2D eigenvalue weighted by Gasteiger charge is 2.37. The molecule has 116 valence electrons. The average Bonchev–Trinajstić information content (AvgIpc) is 2.72. The molecular weight excluding hydrogens is 260 g/mol. The molecule has 2 saturated heterocycles. The van der Waals surface area contributed by atoms with Gasteiger partial charge in [0.2, 0.25) is 0 Å². The Bertz CT molecular complexity index is 448. The molecular formula is C18H28N2O. The number of hydrogen-bond donors (Lipinski definition) is 1. The lowest BCUT2D eigenvalue weighted by atomic mass is 9.91. The van der Waals surface area contributed by atoms with Crippen LogP contribution in [0.4, 0.5) is 0 Å². The molecule has 0 amide bonds. The van der Waals surface area contributed by atoms with Crippen molar-refractivity contribution < 1.29 is 4.74 Å². The standard InChI is InChI=1S/C18H28N2O/c1-20-17-7-8-18(20)10-14(9-17)11-19-12-15-5-3-4-6-16(15)13-21-2/h3-6,14,17-19H,7-13H2,1-2H3. The Balaban J connectivity index is 1.48. The lowest BCUT2D eigenvalue weighted by Gasteiger charge is -2.36. The maximum atomic E-state index is 5.28. The van der Waals surface area contributed by atoms with Gasteiger partial charge in [0.25, 0.3) is 0 Å². The van der Waals surface area contributed by atoms with E-state index < -0.39 is 0 Å². The zero-order valence-electron chi connectivity index (χ0n) is 13.3. The molecule has 0 saturated carbocycles. The molecule has 2 unspecified atom stereocenters. The predicted octanol–water partition coefficient (Wildman–Crippen LogP) is 2.80. The van der Waals surface area contributed by atoms with Crippen molar-refractivity contribution in [3.63, 3.8) is 0 Å². The summed E-state index contributed by atoms with van der Waals surface area (Å²) in [6.07, 6.45) is 5.57. The SMILES string of the molecule is COCc1ccccc1CNCC1CC2CCC(C1)N2C. The van der Waals surface area contributed by atoms with Gasteiger partial charge in [-0.3, -0.25) is 0 Å². The Kier molecular flexibility index (Phi) is 4.94. The summed E-state index contributed by atoms with van der Waals surface area (Å²) in [5.41, 5.74) is 2.67. The summed E-state index contributed by atoms with van der Waals surface area (Å²) in [7, 11) is 4.07. The monoisotopic (exact) mass is 288 g/mol. The van der Waals surface area contributed by atoms with Crippen LogP contribution in [-0.4, -0.2) is 37.7 Å². The van der Waals surface area contributed by atoms with E-state index in [9.17, 15) is 0 Å². The minimum absolute atomic E-state index is 0.705. The van der Waals surface area contributed by atoms with E-state index in [0.717, 1.165) is 31.1 Å². The van der Waals surface area contributed by atoms with E-state index in [1.54, 1.807) is 7.11 Å². The molecule has 3 heteroatoms. The summed E-state index contributed by atoms with van der Waals surface area (Å²) < 4.78 is 5.28. The molecule has 21 heavy (non-hydrogen) atoms. The van der Waals surface area contributed by atoms with Gasteiger partial charge in [-0.25, -0.2) is 0 Å². The number of nitrogens with zero attached hydrogens (tertiary/aromatic N) is 1. The lowest BCUT2D eigenvalue weighted by molar-refractivity contribution is 0.132. The van der Waals surface area contributed by atoms with Gasteiger partial charge in [0, 0.05) is 25.7 Å². The smallest absolute Gasteiger partial charge is 0.0716 e. The topological polar surface area (TPSA) is 24.5 Å². The van der Waals surface area contributed by atoms with Crippen molar-refractivity contribution in [2.45, 2.75) is 50.9 Å². The Morgan fingerprint density at radius 1 is 1.14 bits per heavy atom. The Morgan fingerprint density at radius 2 is 1.81 bits per heavy atom. The van der Waals surface area contributed by atoms with Gasteiger partial charge >= 0.3 is 0 Å². The molecule has 2 aliphatic rings. The lowest BCUT2D eigenvalue weighted by Crippen LogP contribution is -2.42. The molecule has 0 aromatic heterocycles. The fourth-order valence-corrected chi connectivity index (χ4v) is 4.13. The number of piperidine rings is 1. The van der Waals surface area contributed by atoms with E-state index in [-0.39, 0.29) is 0 Å².